The SMILES string of the molecule is NC(=S)c1cncc(N2CCC3(CC2)OCCO3)n1. The number of ether oxygens (including phenoxy) is 2. The number of piperidine rings is 1. The molecule has 2 N–H and O–H groups in total. The fourth-order valence-corrected chi connectivity index (χ4v) is 2.59. The van der Waals surface area contributed by atoms with Crippen LogP contribution in [0.4, 0.5) is 5.82 Å². The molecule has 6 nitrogen and oxygen atoms in total. The van der Waals surface area contributed by atoms with Crippen molar-refractivity contribution in [1.29, 1.82) is 0 Å². The Hall–Kier alpha value is -1.31. The number of hydrogen-bond acceptors (Lipinski definition) is 6. The Labute approximate surface area is 116 Å². The van der Waals surface area contributed by atoms with Gasteiger partial charge in [0.2, 0.25) is 0 Å². The van der Waals surface area contributed by atoms with Crippen molar-refractivity contribution in [2.24, 2.45) is 5.73 Å². The van der Waals surface area contributed by atoms with Gasteiger partial charge in [-0.05, 0) is 0 Å². The summed E-state index contributed by atoms with van der Waals surface area (Å²) in [5.74, 6) is 0.434. The molecule has 3 heterocycles. The third kappa shape index (κ3) is 2.54. The Morgan fingerprint density at radius 3 is 2.58 bits per heavy atom. The normalized spacial score (nSPS) is 21.8. The van der Waals surface area contributed by atoms with Crippen molar-refractivity contribution >= 4 is 23.0 Å². The Kier molecular flexibility index (Phi) is 3.34. The van der Waals surface area contributed by atoms with Gasteiger partial charge >= 0.3 is 0 Å². The lowest BCUT2D eigenvalue weighted by atomic mass is 10.0. The van der Waals surface area contributed by atoms with Crippen LogP contribution in [-0.4, -0.2) is 47.0 Å². The largest absolute Gasteiger partial charge is 0.388 e. The average molecular weight is 280 g/mol. The van der Waals surface area contributed by atoms with Gasteiger partial charge in [-0.15, -0.1) is 0 Å². The zero-order chi connectivity index (χ0) is 13.3. The molecule has 2 fully saturated rings. The highest BCUT2D eigenvalue weighted by Crippen LogP contribution is 2.32. The van der Waals surface area contributed by atoms with Crippen LogP contribution in [0, 0.1) is 0 Å². The van der Waals surface area contributed by atoms with Crippen molar-refractivity contribution in [3.8, 4) is 0 Å². The summed E-state index contributed by atoms with van der Waals surface area (Å²) in [4.78, 5) is 11.0. The lowest BCUT2D eigenvalue weighted by Crippen LogP contribution is -2.45. The van der Waals surface area contributed by atoms with Crippen molar-refractivity contribution in [3.05, 3.63) is 18.1 Å². The molecule has 0 amide bonds. The zero-order valence-electron chi connectivity index (χ0n) is 10.5. The fourth-order valence-electron chi connectivity index (χ4n) is 2.49. The van der Waals surface area contributed by atoms with Crippen LogP contribution in [-0.2, 0) is 9.47 Å². The molecule has 7 heteroatoms. The van der Waals surface area contributed by atoms with Crippen LogP contribution in [0.25, 0.3) is 0 Å². The van der Waals surface area contributed by atoms with E-state index in [1.54, 1.807) is 12.4 Å². The first-order valence-electron chi connectivity index (χ1n) is 6.33. The van der Waals surface area contributed by atoms with E-state index >= 15 is 0 Å². The number of nitrogens with two attached hydrogens (primary N) is 1. The predicted octanol–water partition coefficient (Wildman–Crippen LogP) is 0.454. The van der Waals surface area contributed by atoms with Gasteiger partial charge in [-0.2, -0.15) is 0 Å². The highest BCUT2D eigenvalue weighted by molar-refractivity contribution is 7.80. The molecule has 2 aliphatic heterocycles. The van der Waals surface area contributed by atoms with Gasteiger partial charge in [0, 0.05) is 25.9 Å². The van der Waals surface area contributed by atoms with Gasteiger partial charge in [0.15, 0.2) is 5.79 Å². The molecule has 1 spiro atoms. The van der Waals surface area contributed by atoms with Gasteiger partial charge in [-0.1, -0.05) is 12.2 Å². The van der Waals surface area contributed by atoms with Crippen molar-refractivity contribution in [3.63, 3.8) is 0 Å². The minimum Gasteiger partial charge on any atom is -0.388 e. The smallest absolute Gasteiger partial charge is 0.171 e. The first kappa shape index (κ1) is 12.7. The van der Waals surface area contributed by atoms with Crippen LogP contribution in [0.1, 0.15) is 18.5 Å². The third-order valence-electron chi connectivity index (χ3n) is 3.54. The van der Waals surface area contributed by atoms with Crippen molar-refractivity contribution < 1.29 is 9.47 Å². The minimum absolute atomic E-state index is 0.269. The molecule has 0 radical (unpaired) electrons. The predicted molar refractivity (Wildman–Crippen MR) is 74.0 cm³/mol. The summed E-state index contributed by atoms with van der Waals surface area (Å²) in [6.07, 6.45) is 4.99. The van der Waals surface area contributed by atoms with Gasteiger partial charge < -0.3 is 20.1 Å². The summed E-state index contributed by atoms with van der Waals surface area (Å²) in [7, 11) is 0. The number of anilines is 1. The Morgan fingerprint density at radius 1 is 1.26 bits per heavy atom. The average Bonchev–Trinajstić information content (AvgIpc) is 2.88. The Bertz CT molecular complexity index is 480. The standard InChI is InChI=1S/C12H16N4O2S/c13-11(19)9-7-14-8-10(15-9)16-3-1-12(2-4-16)17-5-6-18-12/h7-8H,1-6H2,(H2,13,19). The van der Waals surface area contributed by atoms with E-state index in [0.717, 1.165) is 31.7 Å². The maximum Gasteiger partial charge on any atom is 0.171 e. The van der Waals surface area contributed by atoms with Crippen molar-refractivity contribution in [2.45, 2.75) is 18.6 Å². The molecule has 2 aliphatic rings. The number of rotatable bonds is 2. The second-order valence-electron chi connectivity index (χ2n) is 4.72. The highest BCUT2D eigenvalue weighted by atomic mass is 32.1. The maximum atomic E-state index is 5.70. The molecule has 3 rings (SSSR count). The van der Waals surface area contributed by atoms with Gasteiger partial charge in [-0.25, -0.2) is 4.98 Å². The number of thiocarbonyl (C=S) groups is 1. The van der Waals surface area contributed by atoms with Gasteiger partial charge in [0.25, 0.3) is 0 Å². The molecule has 19 heavy (non-hydrogen) atoms. The van der Waals surface area contributed by atoms with E-state index in [4.69, 9.17) is 27.4 Å². The third-order valence-corrected chi connectivity index (χ3v) is 3.75. The molecule has 0 unspecified atom stereocenters. The van der Waals surface area contributed by atoms with Gasteiger partial charge in [0.1, 0.15) is 16.5 Å². The lowest BCUT2D eigenvalue weighted by molar-refractivity contribution is -0.169. The molecule has 0 aliphatic carbocycles. The summed E-state index contributed by atoms with van der Waals surface area (Å²) in [5, 5.41) is 0. The van der Waals surface area contributed by atoms with Crippen molar-refractivity contribution in [2.75, 3.05) is 31.2 Å². The molecule has 102 valence electrons. The van der Waals surface area contributed by atoms with E-state index in [2.05, 4.69) is 14.9 Å². The monoisotopic (exact) mass is 280 g/mol. The quantitative estimate of drug-likeness (QED) is 0.789. The second-order valence-corrected chi connectivity index (χ2v) is 5.16. The topological polar surface area (TPSA) is 73.5 Å². The summed E-state index contributed by atoms with van der Waals surface area (Å²) >= 11 is 4.92. The van der Waals surface area contributed by atoms with Crippen LogP contribution in [0.15, 0.2) is 12.4 Å². The molecular weight excluding hydrogens is 264 g/mol. The zero-order valence-corrected chi connectivity index (χ0v) is 11.4. The van der Waals surface area contributed by atoms with E-state index in [1.165, 1.54) is 0 Å². The van der Waals surface area contributed by atoms with E-state index < -0.39 is 0 Å². The summed E-state index contributed by atoms with van der Waals surface area (Å²) in [6, 6.07) is 0. The number of nitrogens with zero attached hydrogens (tertiary/aromatic N) is 3. The second kappa shape index (κ2) is 4.99. The minimum atomic E-state index is -0.370. The summed E-state index contributed by atoms with van der Waals surface area (Å²) in [5.41, 5.74) is 6.13. The fraction of sp³-hybridized carbons (Fsp3) is 0.583. The van der Waals surface area contributed by atoms with E-state index in [-0.39, 0.29) is 10.8 Å². The summed E-state index contributed by atoms with van der Waals surface area (Å²) < 4.78 is 11.4. The van der Waals surface area contributed by atoms with Gasteiger partial charge in [0.05, 0.1) is 25.6 Å². The molecule has 2 saturated heterocycles. The molecule has 0 bridgehead atoms. The molecule has 0 saturated carbocycles. The molecule has 1 aromatic heterocycles. The van der Waals surface area contributed by atoms with Crippen LogP contribution < -0.4 is 10.6 Å². The first-order chi connectivity index (χ1) is 9.19. The van der Waals surface area contributed by atoms with Crippen LogP contribution in [0.2, 0.25) is 0 Å². The highest BCUT2D eigenvalue weighted by Gasteiger charge is 2.40. The van der Waals surface area contributed by atoms with Crippen LogP contribution in [0.3, 0.4) is 0 Å². The molecule has 0 aromatic carbocycles. The number of hydrogen-bond donors (Lipinski definition) is 1. The van der Waals surface area contributed by atoms with Crippen LogP contribution >= 0.6 is 12.2 Å². The summed E-state index contributed by atoms with van der Waals surface area (Å²) in [6.45, 7) is 3.04. The van der Waals surface area contributed by atoms with E-state index in [0.29, 0.717) is 18.9 Å². The van der Waals surface area contributed by atoms with Crippen molar-refractivity contribution in [1.82, 2.24) is 9.97 Å². The van der Waals surface area contributed by atoms with Crippen LogP contribution in [0.5, 0.6) is 0 Å². The lowest BCUT2D eigenvalue weighted by Gasteiger charge is -2.38. The molecular formula is C12H16N4O2S. The Balaban J connectivity index is 1.71. The molecule has 1 aromatic rings. The van der Waals surface area contributed by atoms with E-state index in [9.17, 15) is 0 Å². The number of aromatic nitrogens is 2. The Morgan fingerprint density at radius 2 is 1.95 bits per heavy atom. The first-order valence-corrected chi connectivity index (χ1v) is 6.74. The maximum absolute atomic E-state index is 5.70. The molecule has 0 atom stereocenters. The van der Waals surface area contributed by atoms with E-state index in [1.807, 2.05) is 0 Å². The van der Waals surface area contributed by atoms with Gasteiger partial charge in [-0.3, -0.25) is 4.98 Å².